The molecule has 1 amide bonds. The Kier molecular flexibility index (Phi) is 3.26. The third-order valence-corrected chi connectivity index (χ3v) is 3.93. The Morgan fingerprint density at radius 2 is 2.04 bits per heavy atom. The minimum absolute atomic E-state index is 0.113. The van der Waals surface area contributed by atoms with E-state index in [1.54, 1.807) is 12.1 Å². The molecule has 0 fully saturated rings. The van der Waals surface area contributed by atoms with Crippen LogP contribution in [0.15, 0.2) is 36.5 Å². The van der Waals surface area contributed by atoms with E-state index in [0.29, 0.717) is 23.5 Å². The number of rotatable bonds is 2. The standard InChI is InChI=1S/C17H13FN4O2/c18-12-7-9(23)1-2-10(12)16-19-5-4-14(22-16)15-8-11-13(21-15)3-6-20-17(11)24/h1-2,4-5,7-8,21,23H,3,6H2,(H,20,24). The van der Waals surface area contributed by atoms with Crippen LogP contribution in [0.1, 0.15) is 16.1 Å². The van der Waals surface area contributed by atoms with Crippen LogP contribution in [0.2, 0.25) is 0 Å². The molecule has 0 bridgehead atoms. The Labute approximate surface area is 136 Å². The van der Waals surface area contributed by atoms with Crippen molar-refractivity contribution in [1.29, 1.82) is 0 Å². The number of carbonyl (C=O) groups is 1. The van der Waals surface area contributed by atoms with E-state index in [1.807, 2.05) is 0 Å². The summed E-state index contributed by atoms with van der Waals surface area (Å²) in [6.07, 6.45) is 2.26. The first-order chi connectivity index (χ1) is 11.6. The van der Waals surface area contributed by atoms with Gasteiger partial charge >= 0.3 is 0 Å². The second-order valence-corrected chi connectivity index (χ2v) is 5.51. The van der Waals surface area contributed by atoms with Gasteiger partial charge in [0.25, 0.3) is 5.91 Å². The lowest BCUT2D eigenvalue weighted by Crippen LogP contribution is -2.31. The number of aromatic nitrogens is 3. The zero-order valence-corrected chi connectivity index (χ0v) is 12.5. The second-order valence-electron chi connectivity index (χ2n) is 5.51. The zero-order valence-electron chi connectivity index (χ0n) is 12.5. The molecular formula is C17H13FN4O2. The Morgan fingerprint density at radius 1 is 1.17 bits per heavy atom. The van der Waals surface area contributed by atoms with Crippen molar-refractivity contribution in [3.63, 3.8) is 0 Å². The van der Waals surface area contributed by atoms with Crippen LogP contribution >= 0.6 is 0 Å². The molecule has 3 heterocycles. The summed E-state index contributed by atoms with van der Waals surface area (Å²) in [7, 11) is 0. The predicted molar refractivity (Wildman–Crippen MR) is 84.9 cm³/mol. The van der Waals surface area contributed by atoms with Crippen molar-refractivity contribution in [2.75, 3.05) is 6.54 Å². The monoisotopic (exact) mass is 324 g/mol. The van der Waals surface area contributed by atoms with Crippen molar-refractivity contribution >= 4 is 5.91 Å². The van der Waals surface area contributed by atoms with Crippen molar-refractivity contribution in [3.05, 3.63) is 53.6 Å². The normalized spacial score (nSPS) is 13.5. The number of halogens is 1. The van der Waals surface area contributed by atoms with Crippen LogP contribution in [0.25, 0.3) is 22.8 Å². The molecule has 2 aromatic heterocycles. The number of carbonyl (C=O) groups excluding carboxylic acids is 1. The number of aromatic amines is 1. The molecule has 1 aliphatic heterocycles. The minimum Gasteiger partial charge on any atom is -0.508 e. The number of nitrogens with one attached hydrogen (secondary N) is 2. The fourth-order valence-electron chi connectivity index (χ4n) is 2.76. The maximum absolute atomic E-state index is 14.0. The summed E-state index contributed by atoms with van der Waals surface area (Å²) in [6.45, 7) is 0.597. The molecule has 3 aromatic rings. The molecular weight excluding hydrogens is 311 g/mol. The van der Waals surface area contributed by atoms with E-state index < -0.39 is 5.82 Å². The first kappa shape index (κ1) is 14.4. The molecule has 7 heteroatoms. The van der Waals surface area contributed by atoms with Crippen LogP contribution in [-0.2, 0) is 6.42 Å². The van der Waals surface area contributed by atoms with Crippen LogP contribution in [0.5, 0.6) is 5.75 Å². The molecule has 6 nitrogen and oxygen atoms in total. The van der Waals surface area contributed by atoms with E-state index in [4.69, 9.17) is 0 Å². The zero-order chi connectivity index (χ0) is 16.7. The van der Waals surface area contributed by atoms with Gasteiger partial charge < -0.3 is 15.4 Å². The van der Waals surface area contributed by atoms with E-state index in [2.05, 4.69) is 20.3 Å². The molecule has 0 radical (unpaired) electrons. The Morgan fingerprint density at radius 3 is 2.83 bits per heavy atom. The maximum atomic E-state index is 14.0. The highest BCUT2D eigenvalue weighted by Gasteiger charge is 2.20. The lowest BCUT2D eigenvalue weighted by molar-refractivity contribution is 0.0946. The highest BCUT2D eigenvalue weighted by Crippen LogP contribution is 2.26. The van der Waals surface area contributed by atoms with Crippen molar-refractivity contribution < 1.29 is 14.3 Å². The Hall–Kier alpha value is -3.22. The summed E-state index contributed by atoms with van der Waals surface area (Å²) in [5.41, 5.74) is 2.91. The first-order valence-corrected chi connectivity index (χ1v) is 7.44. The van der Waals surface area contributed by atoms with E-state index in [0.717, 1.165) is 18.2 Å². The summed E-state index contributed by atoms with van der Waals surface area (Å²) >= 11 is 0. The summed E-state index contributed by atoms with van der Waals surface area (Å²) in [5.74, 6) is -0.660. The number of aromatic hydroxyl groups is 1. The van der Waals surface area contributed by atoms with E-state index in [-0.39, 0.29) is 23.0 Å². The fourth-order valence-corrected chi connectivity index (χ4v) is 2.76. The van der Waals surface area contributed by atoms with Gasteiger partial charge in [0.2, 0.25) is 0 Å². The highest BCUT2D eigenvalue weighted by atomic mass is 19.1. The molecule has 1 aromatic carbocycles. The number of hydrogen-bond donors (Lipinski definition) is 3. The Balaban J connectivity index is 1.77. The van der Waals surface area contributed by atoms with Gasteiger partial charge in [-0.05, 0) is 24.3 Å². The number of nitrogens with zero attached hydrogens (tertiary/aromatic N) is 2. The number of phenols is 1. The maximum Gasteiger partial charge on any atom is 0.253 e. The van der Waals surface area contributed by atoms with Crippen molar-refractivity contribution in [2.45, 2.75) is 6.42 Å². The molecule has 1 aliphatic rings. The number of amides is 1. The quantitative estimate of drug-likeness (QED) is 0.674. The van der Waals surface area contributed by atoms with Gasteiger partial charge in [-0.2, -0.15) is 0 Å². The molecule has 0 saturated carbocycles. The largest absolute Gasteiger partial charge is 0.508 e. The topological polar surface area (TPSA) is 90.9 Å². The van der Waals surface area contributed by atoms with Crippen molar-refractivity contribution in [2.24, 2.45) is 0 Å². The van der Waals surface area contributed by atoms with Gasteiger partial charge in [-0.25, -0.2) is 14.4 Å². The van der Waals surface area contributed by atoms with Gasteiger partial charge in [0, 0.05) is 30.9 Å². The van der Waals surface area contributed by atoms with Gasteiger partial charge in [0.05, 0.1) is 22.5 Å². The van der Waals surface area contributed by atoms with Crippen molar-refractivity contribution in [3.8, 4) is 28.5 Å². The molecule has 0 atom stereocenters. The van der Waals surface area contributed by atoms with Gasteiger partial charge in [-0.3, -0.25) is 4.79 Å². The highest BCUT2D eigenvalue weighted by molar-refractivity contribution is 5.97. The predicted octanol–water partition coefficient (Wildman–Crippen LogP) is 2.27. The first-order valence-electron chi connectivity index (χ1n) is 7.44. The van der Waals surface area contributed by atoms with Crippen LogP contribution in [0.3, 0.4) is 0 Å². The number of hydrogen-bond acceptors (Lipinski definition) is 4. The van der Waals surface area contributed by atoms with Crippen molar-refractivity contribution in [1.82, 2.24) is 20.3 Å². The number of phenolic OH excluding ortho intramolecular Hbond substituents is 1. The average Bonchev–Trinajstić information content (AvgIpc) is 3.01. The molecule has 3 N–H and O–H groups in total. The third kappa shape index (κ3) is 2.40. The van der Waals surface area contributed by atoms with Crippen LogP contribution in [0.4, 0.5) is 4.39 Å². The number of benzene rings is 1. The molecule has 4 rings (SSSR count). The lowest BCUT2D eigenvalue weighted by Gasteiger charge is -2.10. The lowest BCUT2D eigenvalue weighted by atomic mass is 10.1. The average molecular weight is 324 g/mol. The summed E-state index contributed by atoms with van der Waals surface area (Å²) < 4.78 is 14.0. The summed E-state index contributed by atoms with van der Waals surface area (Å²) in [6, 6.07) is 7.26. The van der Waals surface area contributed by atoms with E-state index in [1.165, 1.54) is 18.3 Å². The number of H-pyrrole nitrogens is 1. The number of fused-ring (bicyclic) bond motifs is 1. The van der Waals surface area contributed by atoms with Gasteiger partial charge in [0.1, 0.15) is 11.6 Å². The molecule has 120 valence electrons. The molecule has 24 heavy (non-hydrogen) atoms. The molecule has 0 unspecified atom stereocenters. The summed E-state index contributed by atoms with van der Waals surface area (Å²) in [4.78, 5) is 23.5. The molecule has 0 aliphatic carbocycles. The van der Waals surface area contributed by atoms with E-state index >= 15 is 0 Å². The van der Waals surface area contributed by atoms with Crippen LogP contribution in [0, 0.1) is 5.82 Å². The SMILES string of the molecule is O=C1NCCc2[nH]c(-c3ccnc(-c4ccc(O)cc4F)n3)cc21. The van der Waals surface area contributed by atoms with Crippen LogP contribution in [-0.4, -0.2) is 32.5 Å². The van der Waals surface area contributed by atoms with Gasteiger partial charge in [-0.15, -0.1) is 0 Å². The molecule has 0 spiro atoms. The fraction of sp³-hybridized carbons (Fsp3) is 0.118. The third-order valence-electron chi connectivity index (χ3n) is 3.93. The Bertz CT molecular complexity index is 952. The second kappa shape index (κ2) is 5.45. The minimum atomic E-state index is -0.600. The van der Waals surface area contributed by atoms with Gasteiger partial charge in [0.15, 0.2) is 5.82 Å². The molecule has 0 saturated heterocycles. The smallest absolute Gasteiger partial charge is 0.253 e. The van der Waals surface area contributed by atoms with Gasteiger partial charge in [-0.1, -0.05) is 0 Å². The summed E-state index contributed by atoms with van der Waals surface area (Å²) in [5, 5.41) is 12.1. The van der Waals surface area contributed by atoms with Crippen LogP contribution < -0.4 is 5.32 Å². The van der Waals surface area contributed by atoms with E-state index in [9.17, 15) is 14.3 Å².